The summed E-state index contributed by atoms with van der Waals surface area (Å²) in [6.07, 6.45) is 1.94. The molecule has 1 fully saturated rings. The summed E-state index contributed by atoms with van der Waals surface area (Å²) < 4.78 is 18.6. The van der Waals surface area contributed by atoms with E-state index in [1.807, 2.05) is 32.2 Å². The van der Waals surface area contributed by atoms with Gasteiger partial charge in [0.25, 0.3) is 0 Å². The quantitative estimate of drug-likeness (QED) is 0.822. The molecule has 1 aliphatic carbocycles. The zero-order chi connectivity index (χ0) is 12.3. The highest BCUT2D eigenvalue weighted by Gasteiger charge is 2.42. The van der Waals surface area contributed by atoms with Gasteiger partial charge in [0, 0.05) is 6.97 Å². The van der Waals surface area contributed by atoms with Crippen molar-refractivity contribution in [1.82, 2.24) is 5.32 Å². The van der Waals surface area contributed by atoms with Crippen LogP contribution in [0.4, 0.5) is 4.39 Å². The van der Waals surface area contributed by atoms with Crippen LogP contribution >= 0.6 is 0 Å². The average Bonchev–Trinajstić information content (AvgIpc) is 3.17. The van der Waals surface area contributed by atoms with Crippen LogP contribution in [0.15, 0.2) is 24.3 Å². The largest absolute Gasteiger partial charge is 0.491 e. The third-order valence-electron chi connectivity index (χ3n) is 3.49. The highest BCUT2D eigenvalue weighted by Crippen LogP contribution is 2.45. The molecule has 2 nitrogen and oxygen atoms in total. The van der Waals surface area contributed by atoms with Crippen molar-refractivity contribution in [3.63, 3.8) is 0 Å². The second kappa shape index (κ2) is 5.05. The van der Waals surface area contributed by atoms with Crippen molar-refractivity contribution < 1.29 is 10.6 Å². The van der Waals surface area contributed by atoms with Crippen LogP contribution in [0, 0.1) is 0 Å². The molecular formula is C14H22FNO. The molecule has 0 spiro atoms. The Labute approximate surface area is 104 Å². The van der Waals surface area contributed by atoms with Crippen LogP contribution in [0.5, 0.6) is 5.75 Å². The fourth-order valence-electron chi connectivity index (χ4n) is 2.00. The van der Waals surface area contributed by atoms with E-state index in [4.69, 9.17) is 4.74 Å². The Morgan fingerprint density at radius 3 is 2.88 bits per heavy atom. The minimum Gasteiger partial charge on any atom is -0.491 e. The van der Waals surface area contributed by atoms with Crippen molar-refractivity contribution in [3.05, 3.63) is 29.8 Å². The summed E-state index contributed by atoms with van der Waals surface area (Å²) in [5.41, 5.74) is 1.38. The smallest absolute Gasteiger partial charge is 0.134 e. The van der Waals surface area contributed by atoms with Gasteiger partial charge in [-0.15, -0.1) is 0 Å². The molecule has 2 rings (SSSR count). The molecule has 96 valence electrons. The number of halogens is 1. The van der Waals surface area contributed by atoms with E-state index in [2.05, 4.69) is 11.4 Å². The lowest BCUT2D eigenvalue weighted by Crippen LogP contribution is -2.24. The Kier molecular flexibility index (Phi) is 3.67. The lowest BCUT2D eigenvalue weighted by molar-refractivity contribution is 0.191. The number of hydrogen-bond acceptors (Lipinski definition) is 2. The van der Waals surface area contributed by atoms with E-state index in [0.717, 1.165) is 18.6 Å². The number of ether oxygens (including phenoxy) is 1. The minimum absolute atomic E-state index is 0. The molecular weight excluding hydrogens is 217 g/mol. The molecule has 1 N–H and O–H groups in total. The van der Waals surface area contributed by atoms with Gasteiger partial charge in [-0.1, -0.05) is 19.1 Å². The normalized spacial score (nSPS) is 18.8. The van der Waals surface area contributed by atoms with Crippen LogP contribution in [0.3, 0.4) is 0 Å². The van der Waals surface area contributed by atoms with Gasteiger partial charge in [0.2, 0.25) is 0 Å². The average molecular weight is 239 g/mol. The summed E-state index contributed by atoms with van der Waals surface area (Å²) in [4.78, 5) is 0. The maximum atomic E-state index is 13.1. The van der Waals surface area contributed by atoms with Gasteiger partial charge < -0.3 is 10.1 Å². The first-order chi connectivity index (χ1) is 8.20. The van der Waals surface area contributed by atoms with E-state index >= 15 is 0 Å². The molecule has 1 atom stereocenters. The van der Waals surface area contributed by atoms with Crippen molar-refractivity contribution in [2.24, 2.45) is 0 Å². The van der Waals surface area contributed by atoms with Gasteiger partial charge >= 0.3 is 0 Å². The van der Waals surface area contributed by atoms with Gasteiger partial charge in [0.1, 0.15) is 18.5 Å². The first-order valence-corrected chi connectivity index (χ1v) is 6.26. The van der Waals surface area contributed by atoms with E-state index in [1.165, 1.54) is 5.56 Å². The first kappa shape index (κ1) is 12.4. The zero-order valence-corrected chi connectivity index (χ0v) is 10.5. The Hall–Kier alpha value is -1.09. The number of rotatable bonds is 6. The fraction of sp³-hybridized carbons (Fsp3) is 0.571. The minimum atomic E-state index is -0.877. The summed E-state index contributed by atoms with van der Waals surface area (Å²) in [6.45, 7) is 1.97. The summed E-state index contributed by atoms with van der Waals surface area (Å²) >= 11 is 0. The lowest BCUT2D eigenvalue weighted by atomic mass is 10.1. The van der Waals surface area contributed by atoms with E-state index in [9.17, 15) is 4.39 Å². The monoisotopic (exact) mass is 239 g/mol. The number of hydrogen-bond donors (Lipinski definition) is 1. The Morgan fingerprint density at radius 1 is 1.53 bits per heavy atom. The maximum absolute atomic E-state index is 13.1. The molecule has 0 aromatic heterocycles. The van der Waals surface area contributed by atoms with Crippen molar-refractivity contribution in [3.8, 4) is 5.75 Å². The van der Waals surface area contributed by atoms with Gasteiger partial charge in [-0.25, -0.2) is 4.39 Å². The third kappa shape index (κ3) is 2.78. The van der Waals surface area contributed by atoms with Crippen LogP contribution in [-0.2, 0) is 5.54 Å². The molecule has 0 heterocycles. The Balaban J connectivity index is 0.00000162. The summed E-state index contributed by atoms with van der Waals surface area (Å²) in [5, 5.41) is 3.34. The summed E-state index contributed by atoms with van der Waals surface area (Å²) in [6, 6.07) is 7.98. The van der Waals surface area contributed by atoms with Crippen molar-refractivity contribution in [2.45, 2.75) is 37.9 Å². The van der Waals surface area contributed by atoms with Gasteiger partial charge in [-0.2, -0.15) is 0 Å². The molecule has 17 heavy (non-hydrogen) atoms. The van der Waals surface area contributed by atoms with Gasteiger partial charge in [-0.05, 0) is 44.0 Å². The van der Waals surface area contributed by atoms with Crippen LogP contribution in [0.1, 0.15) is 33.2 Å². The van der Waals surface area contributed by atoms with Crippen molar-refractivity contribution in [1.29, 1.82) is 0 Å². The molecule has 3 heteroatoms. The molecule has 0 amide bonds. The molecule has 1 aliphatic rings. The maximum Gasteiger partial charge on any atom is 0.134 e. The molecule has 1 aromatic rings. The third-order valence-corrected chi connectivity index (χ3v) is 3.49. The predicted octanol–water partition coefficient (Wildman–Crippen LogP) is 3.27. The van der Waals surface area contributed by atoms with Crippen molar-refractivity contribution in [2.75, 3.05) is 13.7 Å². The van der Waals surface area contributed by atoms with Crippen LogP contribution in [0.25, 0.3) is 0 Å². The van der Waals surface area contributed by atoms with Crippen LogP contribution in [0.2, 0.25) is 0 Å². The number of alkyl halides is 1. The number of benzene rings is 1. The van der Waals surface area contributed by atoms with Gasteiger partial charge in [0.05, 0.1) is 0 Å². The van der Waals surface area contributed by atoms with Gasteiger partial charge in [-0.3, -0.25) is 0 Å². The molecule has 0 saturated heterocycles. The van der Waals surface area contributed by atoms with E-state index < -0.39 is 6.17 Å². The molecule has 0 radical (unpaired) electrons. The Bertz CT molecular complexity index is 382. The molecule has 1 saturated carbocycles. The topological polar surface area (TPSA) is 21.3 Å². The van der Waals surface area contributed by atoms with E-state index in [1.54, 1.807) is 0 Å². The fourth-order valence-corrected chi connectivity index (χ4v) is 2.00. The highest BCUT2D eigenvalue weighted by molar-refractivity contribution is 5.36. The number of nitrogens with one attached hydrogen (secondary N) is 1. The zero-order valence-electron chi connectivity index (χ0n) is 10.5. The predicted molar refractivity (Wildman–Crippen MR) is 69.2 cm³/mol. The Morgan fingerprint density at radius 2 is 2.29 bits per heavy atom. The summed E-state index contributed by atoms with van der Waals surface area (Å²) in [5.74, 6) is 0.764. The second-order valence-corrected chi connectivity index (χ2v) is 4.68. The molecule has 1 aromatic carbocycles. The van der Waals surface area contributed by atoms with Crippen molar-refractivity contribution >= 4 is 0 Å². The van der Waals surface area contributed by atoms with E-state index in [0.29, 0.717) is 6.42 Å². The van der Waals surface area contributed by atoms with E-state index in [-0.39, 0.29) is 13.6 Å². The van der Waals surface area contributed by atoms with Gasteiger partial charge in [0.15, 0.2) is 0 Å². The van der Waals surface area contributed by atoms with Crippen LogP contribution < -0.4 is 10.1 Å². The highest BCUT2D eigenvalue weighted by atomic mass is 19.1. The molecule has 0 bridgehead atoms. The lowest BCUT2D eigenvalue weighted by Gasteiger charge is -2.16. The first-order valence-electron chi connectivity index (χ1n) is 6.26. The SMILES string of the molecule is CCC(F)COc1cccc(C2(NC)CC2)c1.[HH]. The summed E-state index contributed by atoms with van der Waals surface area (Å²) in [7, 11) is 1.98. The molecule has 0 aliphatic heterocycles. The van der Waals surface area contributed by atoms with Crippen LogP contribution in [-0.4, -0.2) is 19.8 Å². The molecule has 1 unspecified atom stereocenters. The second-order valence-electron chi connectivity index (χ2n) is 4.68. The standard InChI is InChI=1S/C14H20FNO.H2/c1-3-12(15)10-17-13-6-4-5-11(9-13)14(16-2)7-8-14;/h4-6,9,12,16H,3,7-8,10H2,1-2H3;1H.